The van der Waals surface area contributed by atoms with Crippen LogP contribution in [0.1, 0.15) is 24.1 Å². The standard InChI is InChI=1S/C25H27F3N4O3S/c1-36(33,34)24-7-5-21(16-31-24)29-10-2-3-22-14-19-13-18(15-30-20-8-11-35-12-9-20)4-6-23(19)32(22)17-25(26,27)28/h4-7,13-14,16,20,29-30H,8-12,15,17H2,1H3. The molecule has 0 amide bonds. The Balaban J connectivity index is 1.49. The molecule has 192 valence electrons. The smallest absolute Gasteiger partial charge is 0.381 e. The van der Waals surface area contributed by atoms with Crippen molar-refractivity contribution in [3.8, 4) is 11.8 Å². The first-order chi connectivity index (χ1) is 17.1. The molecule has 4 rings (SSSR count). The van der Waals surface area contributed by atoms with Gasteiger partial charge in [-0.25, -0.2) is 13.4 Å². The number of rotatable bonds is 7. The Morgan fingerprint density at radius 3 is 2.61 bits per heavy atom. The third-order valence-corrected chi connectivity index (χ3v) is 6.83. The van der Waals surface area contributed by atoms with Gasteiger partial charge in [0.1, 0.15) is 6.54 Å². The fourth-order valence-corrected chi connectivity index (χ4v) is 4.59. The maximum atomic E-state index is 13.3. The second-order valence-electron chi connectivity index (χ2n) is 8.70. The van der Waals surface area contributed by atoms with Crippen LogP contribution in [0.15, 0.2) is 47.6 Å². The maximum absolute atomic E-state index is 13.3. The van der Waals surface area contributed by atoms with Crippen LogP contribution in [0.4, 0.5) is 18.9 Å². The molecule has 0 bridgehead atoms. The fraction of sp³-hybridized carbons (Fsp3) is 0.400. The summed E-state index contributed by atoms with van der Waals surface area (Å²) in [4.78, 5) is 3.88. The normalized spacial score (nSPS) is 15.0. The number of aromatic nitrogens is 2. The van der Waals surface area contributed by atoms with Gasteiger partial charge in [-0.2, -0.15) is 13.2 Å². The molecule has 1 aliphatic heterocycles. The molecule has 0 spiro atoms. The summed E-state index contributed by atoms with van der Waals surface area (Å²) in [6.45, 7) is 1.10. The number of halogens is 3. The summed E-state index contributed by atoms with van der Waals surface area (Å²) in [5.41, 5.74) is 2.28. The molecule has 2 N–H and O–H groups in total. The zero-order valence-corrected chi connectivity index (χ0v) is 20.5. The number of sulfone groups is 1. The van der Waals surface area contributed by atoms with Crippen LogP contribution in [0.2, 0.25) is 0 Å². The predicted molar refractivity (Wildman–Crippen MR) is 131 cm³/mol. The molecular weight excluding hydrogens is 493 g/mol. The first kappa shape index (κ1) is 26.0. The lowest BCUT2D eigenvalue weighted by Gasteiger charge is -2.23. The average molecular weight is 521 g/mol. The molecule has 11 heteroatoms. The summed E-state index contributed by atoms with van der Waals surface area (Å²) in [6.07, 6.45) is -0.0725. The van der Waals surface area contributed by atoms with Crippen LogP contribution in [-0.2, 0) is 27.7 Å². The zero-order chi connectivity index (χ0) is 25.8. The van der Waals surface area contributed by atoms with Crippen LogP contribution >= 0.6 is 0 Å². The Labute approximate surface area is 208 Å². The van der Waals surface area contributed by atoms with Crippen molar-refractivity contribution >= 4 is 26.4 Å². The van der Waals surface area contributed by atoms with E-state index >= 15 is 0 Å². The van der Waals surface area contributed by atoms with Gasteiger partial charge < -0.3 is 19.9 Å². The first-order valence-corrected chi connectivity index (χ1v) is 13.4. The molecule has 1 saturated heterocycles. The molecule has 0 unspecified atom stereocenters. The number of anilines is 1. The Morgan fingerprint density at radius 2 is 1.94 bits per heavy atom. The molecule has 1 aliphatic rings. The number of fused-ring (bicyclic) bond motifs is 1. The Hall–Kier alpha value is -3.07. The van der Waals surface area contributed by atoms with E-state index in [2.05, 4.69) is 27.5 Å². The lowest BCUT2D eigenvalue weighted by molar-refractivity contribution is -0.140. The van der Waals surface area contributed by atoms with Gasteiger partial charge >= 0.3 is 6.18 Å². The number of pyridine rings is 1. The summed E-state index contributed by atoms with van der Waals surface area (Å²) >= 11 is 0. The Morgan fingerprint density at radius 1 is 1.17 bits per heavy atom. The maximum Gasteiger partial charge on any atom is 0.406 e. The average Bonchev–Trinajstić information content (AvgIpc) is 3.16. The van der Waals surface area contributed by atoms with E-state index in [1.165, 1.54) is 16.8 Å². The number of nitrogens with zero attached hydrogens (tertiary/aromatic N) is 2. The highest BCUT2D eigenvalue weighted by Gasteiger charge is 2.29. The SMILES string of the molecule is CS(=O)(=O)c1ccc(NCC#Cc2cc3cc(CNC4CCOCC4)ccc3n2CC(F)(F)F)cn1. The molecule has 0 radical (unpaired) electrons. The van der Waals surface area contributed by atoms with Crippen molar-refractivity contribution in [2.75, 3.05) is 31.3 Å². The van der Waals surface area contributed by atoms with Gasteiger partial charge in [0.05, 0.1) is 24.1 Å². The minimum absolute atomic E-state index is 0.0434. The third kappa shape index (κ3) is 7.00. The molecule has 36 heavy (non-hydrogen) atoms. The molecule has 1 fully saturated rings. The van der Waals surface area contributed by atoms with Gasteiger partial charge in [-0.05, 0) is 54.7 Å². The van der Waals surface area contributed by atoms with Crippen molar-refractivity contribution in [2.24, 2.45) is 0 Å². The molecule has 2 aromatic heterocycles. The van der Waals surface area contributed by atoms with Crippen LogP contribution in [0.25, 0.3) is 10.9 Å². The van der Waals surface area contributed by atoms with Crippen LogP contribution in [0.5, 0.6) is 0 Å². The quantitative estimate of drug-likeness (QED) is 0.462. The summed E-state index contributed by atoms with van der Waals surface area (Å²) in [7, 11) is -3.40. The second-order valence-corrected chi connectivity index (χ2v) is 10.7. The largest absolute Gasteiger partial charge is 0.406 e. The molecule has 0 aliphatic carbocycles. The highest BCUT2D eigenvalue weighted by atomic mass is 32.2. The minimum Gasteiger partial charge on any atom is -0.381 e. The summed E-state index contributed by atoms with van der Waals surface area (Å²) in [6, 6.07) is 10.4. The number of ether oxygens (including phenoxy) is 1. The monoisotopic (exact) mass is 520 g/mol. The Kier molecular flexibility index (Phi) is 7.88. The van der Waals surface area contributed by atoms with Gasteiger partial charge in [0.15, 0.2) is 14.9 Å². The van der Waals surface area contributed by atoms with Gasteiger partial charge in [-0.15, -0.1) is 0 Å². The van der Waals surface area contributed by atoms with Crippen molar-refractivity contribution in [1.29, 1.82) is 0 Å². The third-order valence-electron chi connectivity index (χ3n) is 5.83. The van der Waals surface area contributed by atoms with Crippen molar-refractivity contribution in [3.05, 3.63) is 53.9 Å². The summed E-state index contributed by atoms with van der Waals surface area (Å²) in [5, 5.41) is 7.12. The van der Waals surface area contributed by atoms with Gasteiger partial charge in [-0.3, -0.25) is 0 Å². The number of nitrogens with one attached hydrogen (secondary N) is 2. The predicted octanol–water partition coefficient (Wildman–Crippen LogP) is 3.73. The fourth-order valence-electron chi connectivity index (χ4n) is 4.03. The van der Waals surface area contributed by atoms with Crippen molar-refractivity contribution in [2.45, 2.75) is 43.2 Å². The van der Waals surface area contributed by atoms with Crippen LogP contribution < -0.4 is 10.6 Å². The minimum atomic E-state index is -4.39. The van der Waals surface area contributed by atoms with E-state index in [9.17, 15) is 21.6 Å². The topological polar surface area (TPSA) is 85.3 Å². The zero-order valence-electron chi connectivity index (χ0n) is 19.7. The van der Waals surface area contributed by atoms with E-state index in [-0.39, 0.29) is 17.3 Å². The highest BCUT2D eigenvalue weighted by molar-refractivity contribution is 7.90. The molecule has 3 heterocycles. The lowest BCUT2D eigenvalue weighted by Crippen LogP contribution is -2.34. The molecule has 7 nitrogen and oxygen atoms in total. The lowest BCUT2D eigenvalue weighted by atomic mass is 10.1. The van der Waals surface area contributed by atoms with Crippen molar-refractivity contribution < 1.29 is 26.3 Å². The number of alkyl halides is 3. The van der Waals surface area contributed by atoms with E-state index in [1.54, 1.807) is 18.2 Å². The highest BCUT2D eigenvalue weighted by Crippen LogP contribution is 2.26. The Bertz CT molecular complexity index is 1370. The number of hydrogen-bond donors (Lipinski definition) is 2. The molecule has 0 atom stereocenters. The van der Waals surface area contributed by atoms with Crippen molar-refractivity contribution in [3.63, 3.8) is 0 Å². The number of hydrogen-bond acceptors (Lipinski definition) is 6. The van der Waals surface area contributed by atoms with Crippen molar-refractivity contribution in [1.82, 2.24) is 14.9 Å². The molecular formula is C25H27F3N4O3S. The van der Waals surface area contributed by atoms with Gasteiger partial charge in [0.2, 0.25) is 0 Å². The first-order valence-electron chi connectivity index (χ1n) is 11.5. The summed E-state index contributed by atoms with van der Waals surface area (Å²) in [5.74, 6) is 5.68. The van der Waals surface area contributed by atoms with E-state index in [0.717, 1.165) is 37.9 Å². The molecule has 1 aromatic carbocycles. The van der Waals surface area contributed by atoms with Gasteiger partial charge in [-0.1, -0.05) is 12.0 Å². The molecule has 0 saturated carbocycles. The van der Waals surface area contributed by atoms with Gasteiger partial charge in [0.25, 0.3) is 0 Å². The van der Waals surface area contributed by atoms with Crippen LogP contribution in [-0.4, -0.2) is 56.2 Å². The van der Waals surface area contributed by atoms with Crippen LogP contribution in [0, 0.1) is 11.8 Å². The number of benzene rings is 1. The summed E-state index contributed by atoms with van der Waals surface area (Å²) < 4.78 is 69.5. The van der Waals surface area contributed by atoms with E-state index in [1.807, 2.05) is 12.1 Å². The van der Waals surface area contributed by atoms with E-state index in [0.29, 0.717) is 29.2 Å². The second kappa shape index (κ2) is 10.9. The van der Waals surface area contributed by atoms with Gasteiger partial charge in [0, 0.05) is 43.0 Å². The molecule has 3 aromatic rings. The van der Waals surface area contributed by atoms with Crippen LogP contribution in [0.3, 0.4) is 0 Å². The van der Waals surface area contributed by atoms with E-state index in [4.69, 9.17) is 4.74 Å². The van der Waals surface area contributed by atoms with E-state index < -0.39 is 22.6 Å².